The molecule has 1 N–H and O–H groups in total. The van der Waals surface area contributed by atoms with Crippen LogP contribution in [0.3, 0.4) is 0 Å². The summed E-state index contributed by atoms with van der Waals surface area (Å²) in [6.07, 6.45) is 6.36. The van der Waals surface area contributed by atoms with E-state index in [1.54, 1.807) is 6.92 Å². The van der Waals surface area contributed by atoms with Crippen molar-refractivity contribution in [3.8, 4) is 0 Å². The number of aliphatic hydroxyl groups is 1. The molecule has 0 spiro atoms. The first kappa shape index (κ1) is 15.5. The summed E-state index contributed by atoms with van der Waals surface area (Å²) in [5, 5.41) is 10.3. The molecule has 1 aliphatic carbocycles. The smallest absolute Gasteiger partial charge is 0.311 e. The largest absolute Gasteiger partial charge is 0.460 e. The molecule has 0 aromatic carbocycles. The standard InChI is InChI=1S/C15H28O3/c1-11(14(17)18-15(2,3)4)13(16)12-9-7-5-6-8-10-12/h11-13,16H,5-10H2,1-4H3. The van der Waals surface area contributed by atoms with Gasteiger partial charge in [-0.2, -0.15) is 0 Å². The van der Waals surface area contributed by atoms with E-state index >= 15 is 0 Å². The zero-order chi connectivity index (χ0) is 13.8. The van der Waals surface area contributed by atoms with Crippen molar-refractivity contribution in [1.82, 2.24) is 0 Å². The van der Waals surface area contributed by atoms with Crippen molar-refractivity contribution in [1.29, 1.82) is 0 Å². The van der Waals surface area contributed by atoms with Gasteiger partial charge in [-0.05, 0) is 46.5 Å². The quantitative estimate of drug-likeness (QED) is 0.622. The van der Waals surface area contributed by atoms with Gasteiger partial charge in [-0.25, -0.2) is 0 Å². The average Bonchev–Trinajstić information content (AvgIpc) is 2.53. The summed E-state index contributed by atoms with van der Waals surface area (Å²) in [5.74, 6) is -0.443. The number of hydrogen-bond donors (Lipinski definition) is 1. The third-order valence-corrected chi connectivity index (χ3v) is 3.67. The van der Waals surface area contributed by atoms with Crippen molar-refractivity contribution in [2.45, 2.75) is 77.9 Å². The van der Waals surface area contributed by atoms with Crippen molar-refractivity contribution >= 4 is 5.97 Å². The molecular formula is C15H28O3. The number of carbonyl (C=O) groups excluding carboxylic acids is 1. The van der Waals surface area contributed by atoms with E-state index in [1.807, 2.05) is 20.8 Å². The maximum atomic E-state index is 11.9. The molecule has 1 aliphatic rings. The highest BCUT2D eigenvalue weighted by atomic mass is 16.6. The van der Waals surface area contributed by atoms with Crippen molar-refractivity contribution in [3.05, 3.63) is 0 Å². The molecule has 0 radical (unpaired) electrons. The van der Waals surface area contributed by atoms with E-state index in [0.717, 1.165) is 12.8 Å². The van der Waals surface area contributed by atoms with Crippen LogP contribution in [0.25, 0.3) is 0 Å². The first-order valence-electron chi connectivity index (χ1n) is 7.22. The van der Waals surface area contributed by atoms with Crippen molar-refractivity contribution in [2.75, 3.05) is 0 Å². The minimum atomic E-state index is -0.557. The summed E-state index contributed by atoms with van der Waals surface area (Å²) < 4.78 is 5.34. The van der Waals surface area contributed by atoms with Gasteiger partial charge in [0.2, 0.25) is 0 Å². The summed E-state index contributed by atoms with van der Waals surface area (Å²) in [6, 6.07) is 0. The van der Waals surface area contributed by atoms with Crippen LogP contribution in [0.1, 0.15) is 66.2 Å². The molecule has 18 heavy (non-hydrogen) atoms. The Kier molecular flexibility index (Phi) is 5.64. The Balaban J connectivity index is 2.53. The summed E-state index contributed by atoms with van der Waals surface area (Å²) in [6.45, 7) is 7.35. The zero-order valence-corrected chi connectivity index (χ0v) is 12.2. The monoisotopic (exact) mass is 256 g/mol. The van der Waals surface area contributed by atoms with Gasteiger partial charge in [0.15, 0.2) is 0 Å². The molecular weight excluding hydrogens is 228 g/mol. The number of rotatable bonds is 3. The van der Waals surface area contributed by atoms with E-state index in [0.29, 0.717) is 0 Å². The molecule has 0 amide bonds. The van der Waals surface area contributed by atoms with Crippen LogP contribution in [0.4, 0.5) is 0 Å². The number of hydrogen-bond acceptors (Lipinski definition) is 3. The van der Waals surface area contributed by atoms with E-state index in [1.165, 1.54) is 25.7 Å². The Morgan fingerprint density at radius 2 is 1.67 bits per heavy atom. The molecule has 1 fully saturated rings. The van der Waals surface area contributed by atoms with Gasteiger partial charge in [-0.15, -0.1) is 0 Å². The number of esters is 1. The predicted molar refractivity (Wildman–Crippen MR) is 72.2 cm³/mol. The first-order chi connectivity index (χ1) is 8.31. The second-order valence-corrected chi connectivity index (χ2v) is 6.56. The minimum Gasteiger partial charge on any atom is -0.460 e. The third kappa shape index (κ3) is 4.97. The number of ether oxygens (including phenoxy) is 1. The summed E-state index contributed by atoms with van der Waals surface area (Å²) in [4.78, 5) is 11.9. The van der Waals surface area contributed by atoms with Gasteiger partial charge in [0.25, 0.3) is 0 Å². The van der Waals surface area contributed by atoms with Gasteiger partial charge >= 0.3 is 5.97 Å². The van der Waals surface area contributed by atoms with Gasteiger partial charge < -0.3 is 9.84 Å². The molecule has 0 aromatic heterocycles. The summed E-state index contributed by atoms with van der Waals surface area (Å²) in [7, 11) is 0. The van der Waals surface area contributed by atoms with E-state index in [-0.39, 0.29) is 11.9 Å². The molecule has 2 atom stereocenters. The van der Waals surface area contributed by atoms with Crippen LogP contribution >= 0.6 is 0 Å². The third-order valence-electron chi connectivity index (χ3n) is 3.67. The second kappa shape index (κ2) is 6.55. The van der Waals surface area contributed by atoms with E-state index < -0.39 is 17.6 Å². The number of aliphatic hydroxyl groups excluding tert-OH is 1. The fraction of sp³-hybridized carbons (Fsp3) is 0.933. The molecule has 1 saturated carbocycles. The van der Waals surface area contributed by atoms with Crippen LogP contribution < -0.4 is 0 Å². The molecule has 0 bridgehead atoms. The highest BCUT2D eigenvalue weighted by molar-refractivity contribution is 5.73. The lowest BCUT2D eigenvalue weighted by Crippen LogP contribution is -2.37. The zero-order valence-electron chi connectivity index (χ0n) is 12.2. The lowest BCUT2D eigenvalue weighted by molar-refractivity contribution is -0.164. The van der Waals surface area contributed by atoms with Gasteiger partial charge in [-0.3, -0.25) is 4.79 Å². The molecule has 3 nitrogen and oxygen atoms in total. The Morgan fingerprint density at radius 3 is 2.11 bits per heavy atom. The number of carbonyl (C=O) groups is 1. The predicted octanol–water partition coefficient (Wildman–Crippen LogP) is 3.30. The Hall–Kier alpha value is -0.570. The normalized spacial score (nSPS) is 22.1. The molecule has 1 rings (SSSR count). The molecule has 2 unspecified atom stereocenters. The maximum absolute atomic E-state index is 11.9. The van der Waals surface area contributed by atoms with Gasteiger partial charge in [-0.1, -0.05) is 25.7 Å². The van der Waals surface area contributed by atoms with Crippen LogP contribution in [-0.2, 0) is 9.53 Å². The molecule has 3 heteroatoms. The first-order valence-corrected chi connectivity index (χ1v) is 7.22. The van der Waals surface area contributed by atoms with Crippen molar-refractivity contribution in [3.63, 3.8) is 0 Å². The SMILES string of the molecule is CC(C(=O)OC(C)(C)C)C(O)C1CCCCCC1. The molecule has 0 saturated heterocycles. The highest BCUT2D eigenvalue weighted by Gasteiger charge is 2.32. The van der Waals surface area contributed by atoms with Gasteiger partial charge in [0.1, 0.15) is 5.60 Å². The fourth-order valence-electron chi connectivity index (χ4n) is 2.59. The van der Waals surface area contributed by atoms with Crippen LogP contribution in [-0.4, -0.2) is 22.8 Å². The Bertz CT molecular complexity index is 259. The summed E-state index contributed by atoms with van der Waals surface area (Å²) in [5.41, 5.74) is -0.478. The average molecular weight is 256 g/mol. The van der Waals surface area contributed by atoms with Crippen molar-refractivity contribution in [2.24, 2.45) is 11.8 Å². The molecule has 0 heterocycles. The fourth-order valence-corrected chi connectivity index (χ4v) is 2.59. The lowest BCUT2D eigenvalue weighted by Gasteiger charge is -2.28. The van der Waals surface area contributed by atoms with E-state index in [9.17, 15) is 9.90 Å². The van der Waals surface area contributed by atoms with Gasteiger partial charge in [0.05, 0.1) is 12.0 Å². The highest BCUT2D eigenvalue weighted by Crippen LogP contribution is 2.29. The van der Waals surface area contributed by atoms with Crippen molar-refractivity contribution < 1.29 is 14.6 Å². The van der Waals surface area contributed by atoms with E-state index in [4.69, 9.17) is 4.74 Å². The van der Waals surface area contributed by atoms with Crippen LogP contribution in [0, 0.1) is 11.8 Å². The maximum Gasteiger partial charge on any atom is 0.311 e. The van der Waals surface area contributed by atoms with Crippen LogP contribution in [0.5, 0.6) is 0 Å². The second-order valence-electron chi connectivity index (χ2n) is 6.56. The van der Waals surface area contributed by atoms with Crippen LogP contribution in [0.15, 0.2) is 0 Å². The Morgan fingerprint density at radius 1 is 1.17 bits per heavy atom. The molecule has 106 valence electrons. The van der Waals surface area contributed by atoms with Crippen LogP contribution in [0.2, 0.25) is 0 Å². The molecule has 0 aliphatic heterocycles. The van der Waals surface area contributed by atoms with Gasteiger partial charge in [0, 0.05) is 0 Å². The minimum absolute atomic E-state index is 0.259. The lowest BCUT2D eigenvalue weighted by atomic mass is 9.86. The molecule has 0 aromatic rings. The Labute approximate surface area is 111 Å². The topological polar surface area (TPSA) is 46.5 Å². The summed E-state index contributed by atoms with van der Waals surface area (Å²) >= 11 is 0. The van der Waals surface area contributed by atoms with E-state index in [2.05, 4.69) is 0 Å².